The van der Waals surface area contributed by atoms with Gasteiger partial charge in [0.25, 0.3) is 10.0 Å². The van der Waals surface area contributed by atoms with Gasteiger partial charge in [-0.1, -0.05) is 6.92 Å². The Bertz CT molecular complexity index is 565. The lowest BCUT2D eigenvalue weighted by Gasteiger charge is -2.18. The van der Waals surface area contributed by atoms with Crippen molar-refractivity contribution in [3.63, 3.8) is 0 Å². The minimum Gasteiger partial charge on any atom is -0.383 e. The van der Waals surface area contributed by atoms with Crippen LogP contribution in [0.15, 0.2) is 10.3 Å². The summed E-state index contributed by atoms with van der Waals surface area (Å²) >= 11 is 1.38. The summed E-state index contributed by atoms with van der Waals surface area (Å²) in [6.07, 6.45) is 2.46. The number of hydrogen-bond donors (Lipinski definition) is 1. The maximum Gasteiger partial charge on any atom is 0.252 e. The SMILES string of the molecule is CCN(CCOC)S(=O)(=O)c1cc(C)c(CNC2CC2)s1. The van der Waals surface area contributed by atoms with Crippen LogP contribution in [0, 0.1) is 6.92 Å². The molecule has 1 aliphatic rings. The number of sulfonamides is 1. The minimum atomic E-state index is -3.40. The zero-order valence-electron chi connectivity index (χ0n) is 12.9. The number of aryl methyl sites for hydroxylation is 1. The number of hydrogen-bond acceptors (Lipinski definition) is 5. The summed E-state index contributed by atoms with van der Waals surface area (Å²) in [7, 11) is -1.82. The van der Waals surface area contributed by atoms with Gasteiger partial charge in [-0.25, -0.2) is 8.42 Å². The zero-order valence-corrected chi connectivity index (χ0v) is 14.5. The molecule has 1 aromatic rings. The first-order chi connectivity index (χ1) is 9.98. The molecule has 120 valence electrons. The van der Waals surface area contributed by atoms with E-state index in [4.69, 9.17) is 4.74 Å². The van der Waals surface area contributed by atoms with Gasteiger partial charge in [0.1, 0.15) is 4.21 Å². The molecule has 0 bridgehead atoms. The number of thiophene rings is 1. The highest BCUT2D eigenvalue weighted by molar-refractivity contribution is 7.91. The van der Waals surface area contributed by atoms with Crippen molar-refractivity contribution >= 4 is 21.4 Å². The molecule has 1 heterocycles. The van der Waals surface area contributed by atoms with E-state index in [9.17, 15) is 8.42 Å². The Morgan fingerprint density at radius 2 is 2.19 bits per heavy atom. The molecule has 0 amide bonds. The predicted octanol–water partition coefficient (Wildman–Crippen LogP) is 1.97. The lowest BCUT2D eigenvalue weighted by molar-refractivity contribution is 0.180. The molecule has 21 heavy (non-hydrogen) atoms. The van der Waals surface area contributed by atoms with Crippen LogP contribution in [0.3, 0.4) is 0 Å². The van der Waals surface area contributed by atoms with Crippen LogP contribution in [-0.2, 0) is 21.3 Å². The number of likely N-dealkylation sites (N-methyl/N-ethyl adjacent to an activating group) is 1. The fourth-order valence-corrected chi connectivity index (χ4v) is 5.21. The maximum absolute atomic E-state index is 12.6. The first-order valence-electron chi connectivity index (χ1n) is 7.30. The molecule has 0 aliphatic heterocycles. The van der Waals surface area contributed by atoms with E-state index in [2.05, 4.69) is 5.32 Å². The fourth-order valence-electron chi connectivity index (χ4n) is 2.08. The molecule has 1 N–H and O–H groups in total. The highest BCUT2D eigenvalue weighted by atomic mass is 32.2. The summed E-state index contributed by atoms with van der Waals surface area (Å²) in [5.74, 6) is 0. The van der Waals surface area contributed by atoms with E-state index in [1.54, 1.807) is 13.2 Å². The monoisotopic (exact) mass is 332 g/mol. The van der Waals surface area contributed by atoms with Crippen LogP contribution in [0.2, 0.25) is 0 Å². The Labute approximate surface area is 131 Å². The number of methoxy groups -OCH3 is 1. The molecule has 1 fully saturated rings. The average Bonchev–Trinajstić information content (AvgIpc) is 3.20. The second-order valence-electron chi connectivity index (χ2n) is 5.32. The van der Waals surface area contributed by atoms with Crippen LogP contribution in [0.1, 0.15) is 30.2 Å². The number of nitrogens with zero attached hydrogens (tertiary/aromatic N) is 1. The molecule has 0 radical (unpaired) electrons. The van der Waals surface area contributed by atoms with Crippen molar-refractivity contribution in [2.24, 2.45) is 0 Å². The average molecular weight is 332 g/mol. The molecule has 0 spiro atoms. The lowest BCUT2D eigenvalue weighted by atomic mass is 10.3. The molecule has 5 nitrogen and oxygen atoms in total. The predicted molar refractivity (Wildman–Crippen MR) is 85.2 cm³/mol. The smallest absolute Gasteiger partial charge is 0.252 e. The van der Waals surface area contributed by atoms with Gasteiger partial charge in [0.05, 0.1) is 6.61 Å². The number of ether oxygens (including phenoxy) is 1. The molecular formula is C14H24N2O3S2. The summed E-state index contributed by atoms with van der Waals surface area (Å²) in [6.45, 7) is 5.85. The van der Waals surface area contributed by atoms with Gasteiger partial charge < -0.3 is 10.1 Å². The Morgan fingerprint density at radius 1 is 1.48 bits per heavy atom. The third-order valence-corrected chi connectivity index (χ3v) is 7.28. The molecule has 1 aromatic heterocycles. The Balaban J connectivity index is 2.12. The summed E-state index contributed by atoms with van der Waals surface area (Å²) in [6, 6.07) is 2.42. The Hall–Kier alpha value is -0.470. The van der Waals surface area contributed by atoms with Gasteiger partial charge >= 0.3 is 0 Å². The van der Waals surface area contributed by atoms with Crippen LogP contribution >= 0.6 is 11.3 Å². The first kappa shape index (κ1) is 16.9. The summed E-state index contributed by atoms with van der Waals surface area (Å²) in [4.78, 5) is 1.11. The summed E-state index contributed by atoms with van der Waals surface area (Å²) in [5.41, 5.74) is 1.05. The summed E-state index contributed by atoms with van der Waals surface area (Å²) in [5, 5.41) is 3.44. The van der Waals surface area contributed by atoms with E-state index >= 15 is 0 Å². The molecule has 7 heteroatoms. The van der Waals surface area contributed by atoms with E-state index in [-0.39, 0.29) is 0 Å². The molecular weight excluding hydrogens is 308 g/mol. The highest BCUT2D eigenvalue weighted by Gasteiger charge is 2.26. The first-order valence-corrected chi connectivity index (χ1v) is 9.56. The van der Waals surface area contributed by atoms with Crippen LogP contribution < -0.4 is 5.32 Å². The normalized spacial score (nSPS) is 15.8. The molecule has 0 unspecified atom stereocenters. The number of nitrogens with one attached hydrogen (secondary N) is 1. The lowest BCUT2D eigenvalue weighted by Crippen LogP contribution is -2.33. The second kappa shape index (κ2) is 7.19. The van der Waals surface area contributed by atoms with Gasteiger partial charge in [0, 0.05) is 37.7 Å². The van der Waals surface area contributed by atoms with E-state index < -0.39 is 10.0 Å². The fraction of sp³-hybridized carbons (Fsp3) is 0.714. The quantitative estimate of drug-likeness (QED) is 0.751. The molecule has 2 rings (SSSR count). The second-order valence-corrected chi connectivity index (χ2v) is 8.62. The largest absolute Gasteiger partial charge is 0.383 e. The molecule has 0 atom stereocenters. The van der Waals surface area contributed by atoms with Crippen molar-refractivity contribution < 1.29 is 13.2 Å². The van der Waals surface area contributed by atoms with Crippen molar-refractivity contribution in [1.82, 2.24) is 9.62 Å². The molecule has 0 saturated heterocycles. The van der Waals surface area contributed by atoms with Crippen molar-refractivity contribution in [2.75, 3.05) is 26.8 Å². The Morgan fingerprint density at radius 3 is 2.76 bits per heavy atom. The highest BCUT2D eigenvalue weighted by Crippen LogP contribution is 2.29. The van der Waals surface area contributed by atoms with Crippen molar-refractivity contribution in [2.45, 2.75) is 43.5 Å². The van der Waals surface area contributed by atoms with E-state index in [1.165, 1.54) is 28.5 Å². The van der Waals surface area contributed by atoms with Gasteiger partial charge in [0.15, 0.2) is 0 Å². The van der Waals surface area contributed by atoms with Gasteiger partial charge in [-0.15, -0.1) is 11.3 Å². The van der Waals surface area contributed by atoms with Crippen LogP contribution in [0.4, 0.5) is 0 Å². The standard InChI is InChI=1S/C14H24N2O3S2/c1-4-16(7-8-19-3)21(17,18)14-9-11(2)13(20-14)10-15-12-5-6-12/h9,12,15H,4-8,10H2,1-3H3. The van der Waals surface area contributed by atoms with Crippen molar-refractivity contribution in [3.05, 3.63) is 16.5 Å². The van der Waals surface area contributed by atoms with Gasteiger partial charge in [-0.05, 0) is 31.4 Å². The summed E-state index contributed by atoms with van der Waals surface area (Å²) < 4.78 is 32.2. The number of rotatable bonds is 9. The molecule has 1 aliphatic carbocycles. The van der Waals surface area contributed by atoms with E-state index in [1.807, 2.05) is 13.8 Å². The van der Waals surface area contributed by atoms with Gasteiger partial charge in [-0.2, -0.15) is 4.31 Å². The molecule has 1 saturated carbocycles. The topological polar surface area (TPSA) is 58.6 Å². The maximum atomic E-state index is 12.6. The van der Waals surface area contributed by atoms with E-state index in [0.717, 1.165) is 17.0 Å². The van der Waals surface area contributed by atoms with Gasteiger partial charge in [-0.3, -0.25) is 0 Å². The third-order valence-electron chi connectivity index (χ3n) is 3.62. The third kappa shape index (κ3) is 4.26. The zero-order chi connectivity index (χ0) is 15.5. The minimum absolute atomic E-state index is 0.391. The molecule has 0 aromatic carbocycles. The van der Waals surface area contributed by atoms with E-state index in [0.29, 0.717) is 29.9 Å². The van der Waals surface area contributed by atoms with Crippen LogP contribution in [0.5, 0.6) is 0 Å². The van der Waals surface area contributed by atoms with Crippen molar-refractivity contribution in [3.8, 4) is 0 Å². The Kier molecular flexibility index (Phi) is 5.79. The van der Waals surface area contributed by atoms with Gasteiger partial charge in [0.2, 0.25) is 0 Å². The van der Waals surface area contributed by atoms with Crippen molar-refractivity contribution in [1.29, 1.82) is 0 Å². The van der Waals surface area contributed by atoms with Crippen LogP contribution in [0.25, 0.3) is 0 Å². The van der Waals surface area contributed by atoms with Crippen LogP contribution in [-0.4, -0.2) is 45.6 Å².